The van der Waals surface area contributed by atoms with Gasteiger partial charge in [-0.05, 0) is 55.2 Å². The second-order valence-electron chi connectivity index (χ2n) is 13.3. The van der Waals surface area contributed by atoms with Gasteiger partial charge in [0.05, 0.1) is 17.7 Å². The fraction of sp³-hybridized carbons (Fsp3) is 0.483. The number of nitrogens with zero attached hydrogens (tertiary/aromatic N) is 2. The van der Waals surface area contributed by atoms with Gasteiger partial charge in [-0.2, -0.15) is 0 Å². The molecule has 0 bridgehead atoms. The summed E-state index contributed by atoms with van der Waals surface area (Å²) >= 11 is 0. The average Bonchev–Trinajstić information content (AvgIpc) is 2.96. The number of nitrogens with one attached hydrogen (secondary N) is 2. The van der Waals surface area contributed by atoms with Gasteiger partial charge in [-0.3, -0.25) is 14.5 Å². The quantitative estimate of drug-likeness (QED) is 0.133. The van der Waals surface area contributed by atoms with Gasteiger partial charge in [0, 0.05) is 44.3 Å². The van der Waals surface area contributed by atoms with Crippen molar-refractivity contribution in [1.82, 2.24) is 15.1 Å². The zero-order valence-corrected chi connectivity index (χ0v) is 27.9. The molecule has 4 N–H and O–H groups in total. The van der Waals surface area contributed by atoms with E-state index in [1.807, 2.05) is 54.7 Å². The van der Waals surface area contributed by atoms with E-state index in [0.717, 1.165) is 44.8 Å². The third kappa shape index (κ3) is 7.35. The van der Waals surface area contributed by atoms with E-state index in [2.05, 4.69) is 15.5 Å². The number of likely N-dealkylation sites (N-methyl/N-ethyl adjacent to an activating group) is 1. The van der Waals surface area contributed by atoms with Crippen LogP contribution in [0.15, 0.2) is 36.4 Å². The van der Waals surface area contributed by atoms with Crippen molar-refractivity contribution in [3.8, 4) is 0 Å². The topological polar surface area (TPSA) is 131 Å². The van der Waals surface area contributed by atoms with Crippen molar-refractivity contribution in [3.05, 3.63) is 64.5 Å². The molecule has 45 heavy (non-hydrogen) atoms. The average molecular weight is 618 g/mol. The van der Waals surface area contributed by atoms with E-state index >= 15 is 4.39 Å². The predicted molar refractivity (Wildman–Crippen MR) is 185 cm³/mol. The minimum absolute atomic E-state index is 0.107. The molecule has 10 nitrogen and oxygen atoms in total. The Hall–Kier alpha value is -3.06. The number of ether oxygens (including phenoxy) is 1. The smallest absolute Gasteiger partial charge is 0.238 e. The van der Waals surface area contributed by atoms with Crippen LogP contribution in [-0.2, 0) is 37.5 Å². The molecule has 0 aliphatic carbocycles. The highest BCUT2D eigenvalue weighted by molar-refractivity contribution is 6.42. The van der Waals surface area contributed by atoms with E-state index in [1.165, 1.54) is 21.0 Å². The van der Waals surface area contributed by atoms with Gasteiger partial charge in [0.25, 0.3) is 0 Å². The second-order valence-corrected chi connectivity index (χ2v) is 13.3. The maximum Gasteiger partial charge on any atom is 0.238 e. The Morgan fingerprint density at radius 2 is 1.73 bits per heavy atom. The molecule has 0 spiro atoms. The molecule has 0 saturated carbocycles. The number of rotatable bonds is 13. The molecule has 16 heteroatoms. The summed E-state index contributed by atoms with van der Waals surface area (Å²) in [5.41, 5.74) is -3.52. The number of hydrogen-bond acceptors (Lipinski definition) is 8. The number of carbonyl (C=O) groups excluding carboxylic acids is 3. The zero-order valence-electron chi connectivity index (χ0n) is 27.9. The van der Waals surface area contributed by atoms with E-state index in [0.29, 0.717) is 29.8 Å². The summed E-state index contributed by atoms with van der Waals surface area (Å²) in [6.45, 7) is 7.94. The summed E-state index contributed by atoms with van der Waals surface area (Å²) in [5, 5.41) is 27.3. The number of halogens is 1. The molecule has 3 rings (SSSR count). The van der Waals surface area contributed by atoms with Crippen LogP contribution in [0.5, 0.6) is 0 Å². The second kappa shape index (κ2) is 13.7. The van der Waals surface area contributed by atoms with Gasteiger partial charge >= 0.3 is 0 Å². The third-order valence-electron chi connectivity index (χ3n) is 9.33. The summed E-state index contributed by atoms with van der Waals surface area (Å²) in [4.78, 5) is 41.1. The van der Waals surface area contributed by atoms with Crippen molar-refractivity contribution in [1.29, 1.82) is 0 Å². The molecule has 5 atom stereocenters. The Kier molecular flexibility index (Phi) is 11.1. The highest BCUT2D eigenvalue weighted by Crippen LogP contribution is 2.35. The first-order chi connectivity index (χ1) is 20.8. The van der Waals surface area contributed by atoms with Crippen LogP contribution in [0.25, 0.3) is 0 Å². The number of aliphatic hydroxyl groups is 2. The van der Waals surface area contributed by atoms with E-state index in [1.54, 1.807) is 12.1 Å². The summed E-state index contributed by atoms with van der Waals surface area (Å²) in [6.07, 6.45) is 0.762. The van der Waals surface area contributed by atoms with Crippen LogP contribution in [0, 0.1) is 12.7 Å². The summed E-state index contributed by atoms with van der Waals surface area (Å²) in [5.74, 6) is -1.16. The van der Waals surface area contributed by atoms with Crippen LogP contribution in [0.4, 0.5) is 10.1 Å². The number of amides is 2. The lowest BCUT2D eigenvalue weighted by Crippen LogP contribution is -2.79. The largest absolute Gasteiger partial charge is 0.394 e. The van der Waals surface area contributed by atoms with E-state index < -0.39 is 27.7 Å². The molecule has 2 amide bonds. The first kappa shape index (κ1) is 36.4. The highest BCUT2D eigenvalue weighted by Gasteiger charge is 2.60. The maximum absolute atomic E-state index is 15.4. The maximum atomic E-state index is 15.4. The fourth-order valence-electron chi connectivity index (χ4n) is 6.21. The van der Waals surface area contributed by atoms with E-state index in [9.17, 15) is 24.6 Å². The van der Waals surface area contributed by atoms with Crippen molar-refractivity contribution in [2.24, 2.45) is 0 Å². The number of anilines is 1. The Bertz CT molecular complexity index is 1410. The molecule has 1 saturated heterocycles. The van der Waals surface area contributed by atoms with Crippen LogP contribution in [0.2, 0.25) is 0 Å². The molecule has 5 unspecified atom stereocenters. The molecule has 1 aliphatic heterocycles. The monoisotopic (exact) mass is 618 g/mol. The molecule has 2 aromatic rings. The van der Waals surface area contributed by atoms with Crippen molar-refractivity contribution < 1.29 is 33.7 Å². The standard InChI is InChI=1S/C29H44B5FN4O6/c1-17-6-5-7-24(21(17)14-39(16-41)27(31,25(42)36-4)29(34,44)26(30,43)15-40)37-28(32,33)22-10-20(8-9-23(22)35)13-38-11-18(2)45-19(3)12-38/h5-10,15-16,18-19,37,43-44H,11-14,30-34H2,1-4H3,(H,36,42). The number of carbonyl (C=O) groups is 3. The van der Waals surface area contributed by atoms with Gasteiger partial charge in [0.15, 0.2) is 7.85 Å². The Balaban J connectivity index is 2.00. The Morgan fingerprint density at radius 1 is 1.11 bits per heavy atom. The molecule has 0 aromatic heterocycles. The summed E-state index contributed by atoms with van der Waals surface area (Å²) < 4.78 is 21.3. The van der Waals surface area contributed by atoms with Crippen LogP contribution in [0.1, 0.15) is 36.1 Å². The number of hydrogen-bond donors (Lipinski definition) is 4. The van der Waals surface area contributed by atoms with Crippen LogP contribution in [-0.4, -0.2) is 127 Å². The number of benzene rings is 2. The third-order valence-corrected chi connectivity index (χ3v) is 9.33. The van der Waals surface area contributed by atoms with Crippen LogP contribution >= 0.6 is 0 Å². The minimum atomic E-state index is -2.40. The molecule has 1 fully saturated rings. The lowest BCUT2D eigenvalue weighted by molar-refractivity contribution is -0.159. The van der Waals surface area contributed by atoms with Crippen molar-refractivity contribution in [3.63, 3.8) is 0 Å². The van der Waals surface area contributed by atoms with Gasteiger partial charge in [-0.25, -0.2) is 4.39 Å². The number of morpholine rings is 1. The fourth-order valence-corrected chi connectivity index (χ4v) is 6.21. The molecule has 2 aromatic carbocycles. The lowest BCUT2D eigenvalue weighted by atomic mass is 9.45. The molecule has 1 aliphatic rings. The molecule has 0 radical (unpaired) electrons. The van der Waals surface area contributed by atoms with Gasteiger partial charge in [-0.1, -0.05) is 24.3 Å². The predicted octanol–water partition coefficient (Wildman–Crippen LogP) is -3.89. The summed E-state index contributed by atoms with van der Waals surface area (Å²) in [7, 11) is 8.57. The molecular weight excluding hydrogens is 573 g/mol. The van der Waals surface area contributed by atoms with Crippen molar-refractivity contribution in [2.45, 2.75) is 67.8 Å². The van der Waals surface area contributed by atoms with Crippen LogP contribution < -0.4 is 10.6 Å². The highest BCUT2D eigenvalue weighted by atomic mass is 19.1. The van der Waals surface area contributed by atoms with Gasteiger partial charge in [-0.15, -0.1) is 0 Å². The number of aldehydes is 1. The van der Waals surface area contributed by atoms with Gasteiger partial charge in [0.1, 0.15) is 54.4 Å². The molecule has 238 valence electrons. The van der Waals surface area contributed by atoms with Crippen LogP contribution in [0.3, 0.4) is 0 Å². The minimum Gasteiger partial charge on any atom is -0.394 e. The van der Waals surface area contributed by atoms with Crippen molar-refractivity contribution >= 4 is 63.5 Å². The summed E-state index contributed by atoms with van der Waals surface area (Å²) in [6, 6.07) is 10.6. The Morgan fingerprint density at radius 3 is 2.29 bits per heavy atom. The van der Waals surface area contributed by atoms with E-state index in [-0.39, 0.29) is 30.9 Å². The first-order valence-corrected chi connectivity index (χ1v) is 15.2. The lowest BCUT2D eigenvalue weighted by Gasteiger charge is -2.52. The van der Waals surface area contributed by atoms with Crippen molar-refractivity contribution in [2.75, 3.05) is 25.5 Å². The van der Waals surface area contributed by atoms with Gasteiger partial charge < -0.3 is 35.3 Å². The normalized spacial score (nSPS) is 21.4. The molecular formula is C29H44B5FN4O6. The van der Waals surface area contributed by atoms with E-state index in [4.69, 9.17) is 4.74 Å². The zero-order chi connectivity index (χ0) is 34.0. The molecule has 1 heterocycles. The first-order valence-electron chi connectivity index (χ1n) is 15.2. The number of aryl methyl sites for hydroxylation is 1. The SMILES string of the molecule is BC(B)(Nc1cccc(C)c1CN(C=O)C(B)(C(=O)NC)C(B)(O)C(B)(O)C=O)c1cc(CN2CC(C)OC(C)C2)ccc1F. The Labute approximate surface area is 269 Å². The van der Waals surface area contributed by atoms with Gasteiger partial charge in [0.2, 0.25) is 12.3 Å².